The summed E-state index contributed by atoms with van der Waals surface area (Å²) in [5, 5.41) is 6.86. The lowest BCUT2D eigenvalue weighted by Gasteiger charge is -2.34. The second kappa shape index (κ2) is 13.3. The van der Waals surface area contributed by atoms with Crippen LogP contribution in [0.1, 0.15) is 40.5 Å². The lowest BCUT2D eigenvalue weighted by molar-refractivity contribution is 0.393. The van der Waals surface area contributed by atoms with Crippen molar-refractivity contribution in [3.8, 4) is 11.5 Å². The first kappa shape index (κ1) is 27.8. The van der Waals surface area contributed by atoms with E-state index in [2.05, 4.69) is 39.6 Å². The molecule has 31 heavy (non-hydrogen) atoms. The molecule has 1 fully saturated rings. The molecule has 2 N–H and O–H groups in total. The van der Waals surface area contributed by atoms with Crippen LogP contribution in [0, 0.1) is 0 Å². The summed E-state index contributed by atoms with van der Waals surface area (Å²) in [5.41, 5.74) is 1.12. The molecule has 1 aromatic rings. The highest BCUT2D eigenvalue weighted by Crippen LogP contribution is 2.30. The summed E-state index contributed by atoms with van der Waals surface area (Å²) in [6, 6.07) is 6.36. The van der Waals surface area contributed by atoms with Gasteiger partial charge < -0.3 is 25.0 Å². The van der Waals surface area contributed by atoms with E-state index in [9.17, 15) is 4.21 Å². The van der Waals surface area contributed by atoms with Gasteiger partial charge in [0, 0.05) is 70.9 Å². The van der Waals surface area contributed by atoms with E-state index in [1.165, 1.54) is 0 Å². The topological polar surface area (TPSA) is 75.2 Å². The van der Waals surface area contributed by atoms with E-state index in [0.29, 0.717) is 18.3 Å². The molecule has 1 saturated heterocycles. The van der Waals surface area contributed by atoms with Crippen LogP contribution in [0.4, 0.5) is 5.69 Å². The quantitative estimate of drug-likeness (QED) is 0.286. The normalized spacial score (nSPS) is 16.3. The van der Waals surface area contributed by atoms with Gasteiger partial charge in [-0.25, -0.2) is 0 Å². The summed E-state index contributed by atoms with van der Waals surface area (Å²) in [6.45, 7) is 11.3. The molecule has 1 aliphatic rings. The van der Waals surface area contributed by atoms with Gasteiger partial charge in [-0.2, -0.15) is 0 Å². The average molecular weight is 567 g/mol. The molecular formula is C22H39IN4O3S. The first-order chi connectivity index (χ1) is 14.3. The molecule has 0 aliphatic carbocycles. The maximum atomic E-state index is 12.2. The van der Waals surface area contributed by atoms with Crippen LogP contribution in [0.25, 0.3) is 0 Å². The van der Waals surface area contributed by atoms with Crippen molar-refractivity contribution < 1.29 is 13.7 Å². The standard InChI is InChI=1S/C22H38N4O3S.HI/c1-7-23-21(24-10-13-30(27)22(2,3)4)25-17-8-11-26(12-9-17)18-14-19(28-5)16-20(15-18)29-6;/h14-17H,7-13H2,1-6H3,(H2,23,24,25);1H. The molecule has 9 heteroatoms. The molecule has 1 atom stereocenters. The predicted octanol–water partition coefficient (Wildman–Crippen LogP) is 3.39. The zero-order valence-electron chi connectivity index (χ0n) is 19.7. The summed E-state index contributed by atoms with van der Waals surface area (Å²) < 4.78 is 22.8. The summed E-state index contributed by atoms with van der Waals surface area (Å²) in [5.74, 6) is 3.00. The minimum atomic E-state index is -0.886. The Kier molecular flexibility index (Phi) is 12.0. The number of piperidine rings is 1. The van der Waals surface area contributed by atoms with Crippen molar-refractivity contribution in [1.29, 1.82) is 0 Å². The number of hydrogen-bond donors (Lipinski definition) is 2. The van der Waals surface area contributed by atoms with Crippen LogP contribution >= 0.6 is 24.0 Å². The van der Waals surface area contributed by atoms with Gasteiger partial charge in [0.15, 0.2) is 5.96 Å². The Morgan fingerprint density at radius 2 is 1.74 bits per heavy atom. The van der Waals surface area contributed by atoms with Gasteiger partial charge in [-0.3, -0.25) is 9.20 Å². The van der Waals surface area contributed by atoms with E-state index in [0.717, 1.165) is 55.6 Å². The molecule has 0 spiro atoms. The number of anilines is 1. The highest BCUT2D eigenvalue weighted by molar-refractivity contribution is 14.0. The van der Waals surface area contributed by atoms with Gasteiger partial charge in [-0.05, 0) is 40.5 Å². The lowest BCUT2D eigenvalue weighted by atomic mass is 10.0. The fourth-order valence-electron chi connectivity index (χ4n) is 3.32. The van der Waals surface area contributed by atoms with Crippen LogP contribution in [0.15, 0.2) is 23.2 Å². The Balaban J connectivity index is 0.00000480. The summed E-state index contributed by atoms with van der Waals surface area (Å²) in [4.78, 5) is 7.00. The van der Waals surface area contributed by atoms with Crippen molar-refractivity contribution in [3.63, 3.8) is 0 Å². The van der Waals surface area contributed by atoms with Gasteiger partial charge in [0.1, 0.15) is 11.5 Å². The summed E-state index contributed by atoms with van der Waals surface area (Å²) in [6.07, 6.45) is 2.02. The highest BCUT2D eigenvalue weighted by atomic mass is 127. The highest BCUT2D eigenvalue weighted by Gasteiger charge is 2.22. The number of benzene rings is 1. The van der Waals surface area contributed by atoms with Crippen LogP contribution in [0.2, 0.25) is 0 Å². The molecular weight excluding hydrogens is 527 g/mol. The number of ether oxygens (including phenoxy) is 2. The minimum absolute atomic E-state index is 0. The average Bonchev–Trinajstić information content (AvgIpc) is 2.73. The number of aliphatic imine (C=N–C) groups is 1. The van der Waals surface area contributed by atoms with Crippen LogP contribution in [0.5, 0.6) is 11.5 Å². The van der Waals surface area contributed by atoms with E-state index in [1.54, 1.807) is 14.2 Å². The number of guanidine groups is 1. The Labute approximate surface area is 207 Å². The lowest BCUT2D eigenvalue weighted by Crippen LogP contribution is -2.49. The van der Waals surface area contributed by atoms with Crippen LogP contribution < -0.4 is 25.0 Å². The van der Waals surface area contributed by atoms with Crippen molar-refractivity contribution in [2.45, 2.75) is 51.3 Å². The first-order valence-corrected chi connectivity index (χ1v) is 12.0. The van der Waals surface area contributed by atoms with E-state index in [1.807, 2.05) is 26.8 Å². The van der Waals surface area contributed by atoms with E-state index in [-0.39, 0.29) is 28.7 Å². The molecule has 1 aliphatic heterocycles. The van der Waals surface area contributed by atoms with E-state index < -0.39 is 10.8 Å². The molecule has 0 saturated carbocycles. The molecule has 7 nitrogen and oxygen atoms in total. The molecule has 2 rings (SSSR count). The first-order valence-electron chi connectivity index (χ1n) is 10.7. The van der Waals surface area contributed by atoms with Crippen molar-refractivity contribution in [3.05, 3.63) is 18.2 Å². The number of methoxy groups -OCH3 is 2. The zero-order valence-corrected chi connectivity index (χ0v) is 22.8. The molecule has 178 valence electrons. The molecule has 0 aromatic heterocycles. The number of nitrogens with one attached hydrogen (secondary N) is 2. The van der Waals surface area contributed by atoms with Gasteiger partial charge >= 0.3 is 0 Å². The Hall–Kier alpha value is -1.23. The monoisotopic (exact) mass is 566 g/mol. The third kappa shape index (κ3) is 9.03. The van der Waals surface area contributed by atoms with Gasteiger partial charge in [0.2, 0.25) is 0 Å². The Morgan fingerprint density at radius 1 is 1.16 bits per heavy atom. The third-order valence-corrected chi connectivity index (χ3v) is 7.03. The number of nitrogens with zero attached hydrogens (tertiary/aromatic N) is 2. The van der Waals surface area contributed by atoms with E-state index in [4.69, 9.17) is 9.47 Å². The van der Waals surface area contributed by atoms with Crippen LogP contribution in [0.3, 0.4) is 0 Å². The molecule has 1 heterocycles. The summed E-state index contributed by atoms with van der Waals surface area (Å²) >= 11 is 0. The fraction of sp³-hybridized carbons (Fsp3) is 0.682. The van der Waals surface area contributed by atoms with Gasteiger partial charge in [-0.1, -0.05) is 0 Å². The third-order valence-electron chi connectivity index (χ3n) is 5.11. The number of hydrogen-bond acceptors (Lipinski definition) is 5. The number of halogens is 1. The minimum Gasteiger partial charge on any atom is -0.497 e. The van der Waals surface area contributed by atoms with Crippen molar-refractivity contribution in [2.75, 3.05) is 51.1 Å². The zero-order chi connectivity index (χ0) is 22.1. The molecule has 0 bridgehead atoms. The van der Waals surface area contributed by atoms with Crippen molar-refractivity contribution >= 4 is 46.4 Å². The maximum absolute atomic E-state index is 12.2. The predicted molar refractivity (Wildman–Crippen MR) is 142 cm³/mol. The Morgan fingerprint density at radius 3 is 2.23 bits per heavy atom. The largest absolute Gasteiger partial charge is 0.497 e. The van der Waals surface area contributed by atoms with Crippen molar-refractivity contribution in [1.82, 2.24) is 10.6 Å². The maximum Gasteiger partial charge on any atom is 0.191 e. The molecule has 0 radical (unpaired) electrons. The van der Waals surface area contributed by atoms with E-state index >= 15 is 0 Å². The number of rotatable bonds is 8. The van der Waals surface area contributed by atoms with Gasteiger partial charge in [-0.15, -0.1) is 24.0 Å². The van der Waals surface area contributed by atoms with Crippen molar-refractivity contribution in [2.24, 2.45) is 4.99 Å². The second-order valence-electron chi connectivity index (χ2n) is 8.40. The molecule has 0 amide bonds. The Bertz CT molecular complexity index is 710. The van der Waals surface area contributed by atoms with Gasteiger partial charge in [0.25, 0.3) is 0 Å². The van der Waals surface area contributed by atoms with Crippen LogP contribution in [-0.2, 0) is 10.8 Å². The van der Waals surface area contributed by atoms with Crippen LogP contribution in [-0.4, -0.2) is 67.1 Å². The fourth-order valence-corrected chi connectivity index (χ4v) is 4.19. The molecule has 1 aromatic carbocycles. The summed E-state index contributed by atoms with van der Waals surface area (Å²) in [7, 11) is 2.46. The molecule has 1 unspecified atom stereocenters. The van der Waals surface area contributed by atoms with Gasteiger partial charge in [0.05, 0.1) is 20.8 Å². The SMILES string of the molecule is CCNC(=NCCS(=O)C(C)(C)C)NC1CCN(c2cc(OC)cc(OC)c2)CC1.I. The smallest absolute Gasteiger partial charge is 0.191 e. The second-order valence-corrected chi connectivity index (χ2v) is 10.7.